The van der Waals surface area contributed by atoms with Crippen molar-refractivity contribution in [3.63, 3.8) is 0 Å². The molecule has 0 aliphatic heterocycles. The molecule has 0 bridgehead atoms. The third kappa shape index (κ3) is 5.09. The topological polar surface area (TPSA) is 41.1 Å². The molecule has 0 aliphatic carbocycles. The van der Waals surface area contributed by atoms with Crippen LogP contribution in [0.2, 0.25) is 0 Å². The van der Waals surface area contributed by atoms with Gasteiger partial charge < -0.3 is 10.6 Å². The number of hydrogen-bond donors (Lipinski definition) is 2. The molecule has 0 aliphatic rings. The molecule has 0 saturated heterocycles. The van der Waals surface area contributed by atoms with Gasteiger partial charge in [0.25, 0.3) is 0 Å². The number of amides is 1. The van der Waals surface area contributed by atoms with Crippen LogP contribution in [0.25, 0.3) is 0 Å². The van der Waals surface area contributed by atoms with Gasteiger partial charge in [0.05, 0.1) is 6.04 Å². The van der Waals surface area contributed by atoms with Crippen molar-refractivity contribution in [2.45, 2.75) is 13.0 Å². The van der Waals surface area contributed by atoms with Gasteiger partial charge in [-0.15, -0.1) is 0 Å². The highest BCUT2D eigenvalue weighted by molar-refractivity contribution is 7.98. The molecular formula is C7H16N2OS. The molecule has 1 amide bonds. The van der Waals surface area contributed by atoms with Crippen LogP contribution >= 0.6 is 11.8 Å². The van der Waals surface area contributed by atoms with E-state index in [1.54, 1.807) is 18.8 Å². The molecule has 0 aromatic heterocycles. The molecule has 0 saturated carbocycles. The average molecular weight is 176 g/mol. The SMILES string of the molecule is CNC(=O)C(C)NCCSC. The molecule has 11 heavy (non-hydrogen) atoms. The van der Waals surface area contributed by atoms with Crippen LogP contribution in [0.4, 0.5) is 0 Å². The predicted octanol–water partition coefficient (Wildman–Crippen LogP) is 0.0735. The van der Waals surface area contributed by atoms with E-state index in [4.69, 9.17) is 0 Å². The lowest BCUT2D eigenvalue weighted by Crippen LogP contribution is -2.41. The summed E-state index contributed by atoms with van der Waals surface area (Å²) in [4.78, 5) is 10.9. The summed E-state index contributed by atoms with van der Waals surface area (Å²) in [5.74, 6) is 1.09. The fourth-order valence-electron chi connectivity index (χ4n) is 0.687. The number of rotatable bonds is 5. The zero-order valence-electron chi connectivity index (χ0n) is 7.31. The Kier molecular flexibility index (Phi) is 6.36. The second-order valence-electron chi connectivity index (χ2n) is 2.28. The first-order valence-electron chi connectivity index (χ1n) is 3.66. The van der Waals surface area contributed by atoms with Crippen molar-refractivity contribution in [2.24, 2.45) is 0 Å². The molecule has 0 aromatic carbocycles. The second kappa shape index (κ2) is 6.49. The van der Waals surface area contributed by atoms with Crippen molar-refractivity contribution in [3.8, 4) is 0 Å². The maximum absolute atomic E-state index is 10.9. The molecule has 4 heteroatoms. The van der Waals surface area contributed by atoms with Crippen molar-refractivity contribution in [2.75, 3.05) is 25.6 Å². The summed E-state index contributed by atoms with van der Waals surface area (Å²) in [5, 5.41) is 5.68. The fourth-order valence-corrected chi connectivity index (χ4v) is 1.01. The van der Waals surface area contributed by atoms with Crippen LogP contribution in [-0.2, 0) is 4.79 Å². The van der Waals surface area contributed by atoms with Crippen molar-refractivity contribution in [1.82, 2.24) is 10.6 Å². The Balaban J connectivity index is 3.36. The number of thioether (sulfide) groups is 1. The molecule has 0 fully saturated rings. The summed E-state index contributed by atoms with van der Waals surface area (Å²) in [7, 11) is 1.65. The first-order chi connectivity index (χ1) is 5.22. The van der Waals surface area contributed by atoms with Gasteiger partial charge in [-0.25, -0.2) is 0 Å². The lowest BCUT2D eigenvalue weighted by atomic mass is 10.3. The van der Waals surface area contributed by atoms with Gasteiger partial charge in [-0.2, -0.15) is 11.8 Å². The maximum Gasteiger partial charge on any atom is 0.236 e. The summed E-state index contributed by atoms with van der Waals surface area (Å²) in [5.41, 5.74) is 0. The average Bonchev–Trinajstić information content (AvgIpc) is 2.03. The second-order valence-corrected chi connectivity index (χ2v) is 3.27. The molecule has 2 N–H and O–H groups in total. The highest BCUT2D eigenvalue weighted by Gasteiger charge is 2.07. The van der Waals surface area contributed by atoms with E-state index in [0.29, 0.717) is 0 Å². The molecule has 0 rings (SSSR count). The van der Waals surface area contributed by atoms with E-state index in [0.717, 1.165) is 12.3 Å². The van der Waals surface area contributed by atoms with Gasteiger partial charge in [-0.1, -0.05) is 0 Å². The lowest BCUT2D eigenvalue weighted by Gasteiger charge is -2.10. The summed E-state index contributed by atoms with van der Waals surface area (Å²) in [6.45, 7) is 2.74. The van der Waals surface area contributed by atoms with E-state index in [-0.39, 0.29) is 11.9 Å². The van der Waals surface area contributed by atoms with E-state index in [9.17, 15) is 4.79 Å². The van der Waals surface area contributed by atoms with Crippen LogP contribution in [0.3, 0.4) is 0 Å². The number of nitrogens with one attached hydrogen (secondary N) is 2. The third-order valence-electron chi connectivity index (χ3n) is 1.40. The Hall–Kier alpha value is -0.220. The van der Waals surface area contributed by atoms with Crippen LogP contribution in [0.1, 0.15) is 6.92 Å². The highest BCUT2D eigenvalue weighted by Crippen LogP contribution is 1.88. The van der Waals surface area contributed by atoms with Crippen molar-refractivity contribution in [1.29, 1.82) is 0 Å². The first kappa shape index (κ1) is 10.8. The van der Waals surface area contributed by atoms with E-state index >= 15 is 0 Å². The molecule has 0 heterocycles. The summed E-state index contributed by atoms with van der Waals surface area (Å²) in [6.07, 6.45) is 2.05. The van der Waals surface area contributed by atoms with E-state index < -0.39 is 0 Å². The van der Waals surface area contributed by atoms with Gasteiger partial charge in [-0.05, 0) is 13.2 Å². The maximum atomic E-state index is 10.9. The van der Waals surface area contributed by atoms with E-state index in [1.807, 2.05) is 13.2 Å². The zero-order valence-corrected chi connectivity index (χ0v) is 8.12. The number of carbonyl (C=O) groups excluding carboxylic acids is 1. The van der Waals surface area contributed by atoms with Crippen molar-refractivity contribution in [3.05, 3.63) is 0 Å². The van der Waals surface area contributed by atoms with Gasteiger partial charge in [0.1, 0.15) is 0 Å². The normalized spacial score (nSPS) is 12.6. The monoisotopic (exact) mass is 176 g/mol. The zero-order chi connectivity index (χ0) is 8.69. The number of hydrogen-bond acceptors (Lipinski definition) is 3. The molecule has 1 unspecified atom stereocenters. The molecule has 0 spiro atoms. The third-order valence-corrected chi connectivity index (χ3v) is 2.01. The van der Waals surface area contributed by atoms with Crippen LogP contribution in [0.15, 0.2) is 0 Å². The van der Waals surface area contributed by atoms with Crippen LogP contribution in [0.5, 0.6) is 0 Å². The molecule has 1 atom stereocenters. The van der Waals surface area contributed by atoms with Crippen LogP contribution in [0, 0.1) is 0 Å². The van der Waals surface area contributed by atoms with Gasteiger partial charge >= 0.3 is 0 Å². The minimum absolute atomic E-state index is 0.0473. The van der Waals surface area contributed by atoms with Crippen LogP contribution < -0.4 is 10.6 Å². The smallest absolute Gasteiger partial charge is 0.236 e. The molecule has 66 valence electrons. The molecule has 3 nitrogen and oxygen atoms in total. The van der Waals surface area contributed by atoms with Crippen molar-refractivity contribution >= 4 is 17.7 Å². The minimum atomic E-state index is -0.0767. The molecular weight excluding hydrogens is 160 g/mol. The standard InChI is InChI=1S/C7H16N2OS/c1-6(7(10)8-2)9-4-5-11-3/h6,9H,4-5H2,1-3H3,(H,8,10). The Morgan fingerprint density at radius 3 is 2.73 bits per heavy atom. The van der Waals surface area contributed by atoms with E-state index in [1.165, 1.54) is 0 Å². The van der Waals surface area contributed by atoms with Crippen molar-refractivity contribution < 1.29 is 4.79 Å². The van der Waals surface area contributed by atoms with E-state index in [2.05, 4.69) is 10.6 Å². The fraction of sp³-hybridized carbons (Fsp3) is 0.857. The minimum Gasteiger partial charge on any atom is -0.358 e. The molecule has 0 aromatic rings. The summed E-state index contributed by atoms with van der Waals surface area (Å²) < 4.78 is 0. The van der Waals surface area contributed by atoms with Gasteiger partial charge in [0, 0.05) is 19.3 Å². The Labute approximate surface area is 72.3 Å². The highest BCUT2D eigenvalue weighted by atomic mass is 32.2. The summed E-state index contributed by atoms with van der Waals surface area (Å²) >= 11 is 1.77. The quantitative estimate of drug-likeness (QED) is 0.583. The Bertz CT molecular complexity index is 119. The summed E-state index contributed by atoms with van der Waals surface area (Å²) in [6, 6.07) is -0.0767. The number of carbonyl (C=O) groups is 1. The predicted molar refractivity (Wildman–Crippen MR) is 49.9 cm³/mol. The first-order valence-corrected chi connectivity index (χ1v) is 5.05. The largest absolute Gasteiger partial charge is 0.358 e. The lowest BCUT2D eigenvalue weighted by molar-refractivity contribution is -0.122. The van der Waals surface area contributed by atoms with Crippen LogP contribution in [-0.4, -0.2) is 37.6 Å². The van der Waals surface area contributed by atoms with Gasteiger partial charge in [0.15, 0.2) is 0 Å². The Morgan fingerprint density at radius 2 is 2.27 bits per heavy atom. The van der Waals surface area contributed by atoms with Gasteiger partial charge in [0.2, 0.25) is 5.91 Å². The Morgan fingerprint density at radius 1 is 1.64 bits per heavy atom. The van der Waals surface area contributed by atoms with Gasteiger partial charge in [-0.3, -0.25) is 4.79 Å². The number of likely N-dealkylation sites (N-methyl/N-ethyl adjacent to an activating group) is 1. The molecule has 0 radical (unpaired) electrons.